The van der Waals surface area contributed by atoms with Crippen LogP contribution in [0.5, 0.6) is 0 Å². The van der Waals surface area contributed by atoms with Crippen molar-refractivity contribution in [2.45, 2.75) is 354 Å². The number of aliphatic hydroxyl groups excluding tert-OH is 1. The van der Waals surface area contributed by atoms with Gasteiger partial charge >= 0.3 is 39.5 Å². The third-order valence-electron chi connectivity index (χ3n) is 16.5. The fraction of sp³-hybridized carbons (Fsp3) is 0.753. The summed E-state index contributed by atoms with van der Waals surface area (Å²) in [6.07, 6.45) is 76.8. The minimum atomic E-state index is -4.99. The van der Waals surface area contributed by atoms with E-state index in [0.717, 1.165) is 141 Å². The number of unbranched alkanes of at least 4 members (excludes halogenated alkanes) is 33. The minimum absolute atomic E-state index is 0.0730. The zero-order valence-corrected chi connectivity index (χ0v) is 64.9. The van der Waals surface area contributed by atoms with Crippen molar-refractivity contribution in [3.8, 4) is 0 Å². The molecule has 2 unspecified atom stereocenters. The van der Waals surface area contributed by atoms with Gasteiger partial charge in [0.15, 0.2) is 12.2 Å². The molecule has 0 aliphatic heterocycles. The lowest BCUT2D eigenvalue weighted by atomic mass is 10.1. The molecule has 0 aromatic carbocycles. The Morgan fingerprint density at radius 2 is 0.530 bits per heavy atom. The largest absolute Gasteiger partial charge is 0.472 e. The quantitative estimate of drug-likeness (QED) is 0.0128. The summed E-state index contributed by atoms with van der Waals surface area (Å²) in [4.78, 5) is 72.9. The van der Waals surface area contributed by atoms with Crippen LogP contribution in [0.2, 0.25) is 0 Å². The van der Waals surface area contributed by atoms with Crippen molar-refractivity contribution in [3.63, 3.8) is 0 Å². The van der Waals surface area contributed by atoms with E-state index in [2.05, 4.69) is 113 Å². The average Bonchev–Trinajstić information content (AvgIpc) is 0.965. The maximum atomic E-state index is 13.1. The Balaban J connectivity index is 5.41. The van der Waals surface area contributed by atoms with Crippen LogP contribution < -0.4 is 0 Å². The number of phosphoric ester groups is 2. The summed E-state index contributed by atoms with van der Waals surface area (Å²) in [5.41, 5.74) is 0. The third-order valence-corrected chi connectivity index (χ3v) is 18.4. The summed E-state index contributed by atoms with van der Waals surface area (Å²) in [5, 5.41) is 10.6. The molecule has 0 saturated heterocycles. The zero-order chi connectivity index (χ0) is 73.2. The molecule has 0 saturated carbocycles. The molecule has 19 heteroatoms. The second kappa shape index (κ2) is 73.3. The lowest BCUT2D eigenvalue weighted by molar-refractivity contribution is -0.161. The van der Waals surface area contributed by atoms with Gasteiger partial charge in [-0.3, -0.25) is 37.3 Å². The van der Waals surface area contributed by atoms with Crippen LogP contribution >= 0.6 is 15.6 Å². The number of phosphoric acid groups is 2. The van der Waals surface area contributed by atoms with Gasteiger partial charge in [0.1, 0.15) is 19.3 Å². The molecule has 0 heterocycles. The number of hydrogen-bond donors (Lipinski definition) is 3. The molecule has 0 fully saturated rings. The molecule has 0 aliphatic rings. The molecule has 0 amide bonds. The Labute approximate surface area is 607 Å². The Hall–Kier alpha value is -4.02. The lowest BCUT2D eigenvalue weighted by Crippen LogP contribution is -2.30. The van der Waals surface area contributed by atoms with Crippen molar-refractivity contribution in [1.29, 1.82) is 0 Å². The van der Waals surface area contributed by atoms with Crippen molar-refractivity contribution in [1.82, 2.24) is 0 Å². The van der Waals surface area contributed by atoms with Gasteiger partial charge in [-0.2, -0.15) is 0 Å². The van der Waals surface area contributed by atoms with Gasteiger partial charge in [-0.1, -0.05) is 266 Å². The number of carbonyl (C=O) groups is 4. The Morgan fingerprint density at radius 1 is 0.290 bits per heavy atom. The second-order valence-electron chi connectivity index (χ2n) is 26.3. The van der Waals surface area contributed by atoms with Crippen LogP contribution in [0.15, 0.2) is 97.2 Å². The number of rotatable bonds is 74. The first kappa shape index (κ1) is 96.0. The molecule has 0 aliphatic carbocycles. The van der Waals surface area contributed by atoms with Crippen LogP contribution in [-0.4, -0.2) is 96.7 Å². The average molecular weight is 1450 g/mol. The number of hydrogen-bond acceptors (Lipinski definition) is 15. The molecule has 5 atom stereocenters. The van der Waals surface area contributed by atoms with Gasteiger partial charge in [0.2, 0.25) is 0 Å². The Kier molecular flexibility index (Phi) is 70.4. The predicted molar refractivity (Wildman–Crippen MR) is 409 cm³/mol. The highest BCUT2D eigenvalue weighted by Gasteiger charge is 2.30. The topological polar surface area (TPSA) is 237 Å². The first-order chi connectivity index (χ1) is 48.7. The number of ether oxygens (including phenoxy) is 4. The molecule has 17 nitrogen and oxygen atoms in total. The van der Waals surface area contributed by atoms with E-state index < -0.39 is 97.5 Å². The number of aliphatic hydroxyl groups is 1. The number of carbonyl (C=O) groups excluding carboxylic acids is 4. The summed E-state index contributed by atoms with van der Waals surface area (Å²) in [6.45, 7) is 4.73. The Bertz CT molecular complexity index is 2270. The molecule has 0 aromatic heterocycles. The van der Waals surface area contributed by atoms with Crippen LogP contribution in [0.4, 0.5) is 0 Å². The molecular weight excluding hydrogens is 1310 g/mol. The van der Waals surface area contributed by atoms with Gasteiger partial charge < -0.3 is 33.8 Å². The molecule has 0 bridgehead atoms. The summed E-state index contributed by atoms with van der Waals surface area (Å²) < 4.78 is 68.5. The maximum Gasteiger partial charge on any atom is 0.472 e. The van der Waals surface area contributed by atoms with Gasteiger partial charge in [0.25, 0.3) is 0 Å². The van der Waals surface area contributed by atoms with Gasteiger partial charge in [-0.25, -0.2) is 9.13 Å². The molecule has 100 heavy (non-hydrogen) atoms. The van der Waals surface area contributed by atoms with Crippen molar-refractivity contribution in [2.24, 2.45) is 0 Å². The van der Waals surface area contributed by atoms with Gasteiger partial charge in [-0.05, 0) is 141 Å². The van der Waals surface area contributed by atoms with Crippen LogP contribution in [0.1, 0.15) is 336 Å². The van der Waals surface area contributed by atoms with E-state index in [4.69, 9.17) is 37.0 Å². The number of esters is 4. The van der Waals surface area contributed by atoms with Crippen molar-refractivity contribution >= 4 is 39.5 Å². The van der Waals surface area contributed by atoms with E-state index in [1.54, 1.807) is 0 Å². The van der Waals surface area contributed by atoms with E-state index >= 15 is 0 Å². The highest BCUT2D eigenvalue weighted by molar-refractivity contribution is 7.47. The minimum Gasteiger partial charge on any atom is -0.462 e. The lowest BCUT2D eigenvalue weighted by Gasteiger charge is -2.21. The SMILES string of the molecule is CCCCC/C=C\C/C=C\C/C=C\C/C=C\CCCC(=O)OC[C@H](COP(=O)(O)OC[C@@H](O)COP(=O)(O)OC[C@@H](COC(=O)CCCCCCC/C=C\CCCCCCCC)OC(=O)CCCCCCC/C=C\C=C/CCCCCC)OC(=O)CCCCCCC/C=C\CCCCCC. The van der Waals surface area contributed by atoms with Crippen molar-refractivity contribution in [3.05, 3.63) is 97.2 Å². The second-order valence-corrected chi connectivity index (χ2v) is 29.2. The molecule has 0 spiro atoms. The van der Waals surface area contributed by atoms with Gasteiger partial charge in [0.05, 0.1) is 26.4 Å². The van der Waals surface area contributed by atoms with Crippen LogP contribution in [0, 0.1) is 0 Å². The molecule has 0 rings (SSSR count). The Morgan fingerprint density at radius 3 is 0.890 bits per heavy atom. The standard InChI is InChI=1S/C81H142O17P2/c1-5-9-13-17-21-25-29-33-36-37-40-43-46-50-54-58-62-66-79(84)92-71-76(97-80(85)67-63-59-55-51-47-41-32-28-24-20-16-12-8-4)73-95-99(87,88)93-69-75(82)70-94-100(89,90)96-74-77(98-81(86)68-64-60-56-52-48-44-39-35-31-27-23-19-15-11-7-3)72-91-78(83)65-61-57-53-49-45-42-38-34-30-26-22-18-14-10-6-2/h21,25,27-28,31-36,38-40,43,50,54,75-77,82H,5-20,22-24,26,29-30,37,41-42,44-49,51-53,55-74H2,1-4H3,(H,87,88)(H,89,90)/b25-21-,31-27-,32-28-,36-33-,38-34-,39-35-,43-40-,54-50-/t75-,76-,77-/m1/s1. The van der Waals surface area contributed by atoms with Gasteiger partial charge in [0, 0.05) is 25.7 Å². The van der Waals surface area contributed by atoms with Crippen LogP contribution in [0.25, 0.3) is 0 Å². The predicted octanol–water partition coefficient (Wildman–Crippen LogP) is 22.8. The molecule has 3 N–H and O–H groups in total. The fourth-order valence-electron chi connectivity index (χ4n) is 10.4. The van der Waals surface area contributed by atoms with E-state index in [9.17, 15) is 43.2 Å². The van der Waals surface area contributed by atoms with E-state index in [1.165, 1.54) is 109 Å². The molecule has 0 aromatic rings. The van der Waals surface area contributed by atoms with Gasteiger partial charge in [-0.15, -0.1) is 0 Å². The van der Waals surface area contributed by atoms with E-state index in [-0.39, 0.29) is 25.7 Å². The van der Waals surface area contributed by atoms with Crippen molar-refractivity contribution in [2.75, 3.05) is 39.6 Å². The maximum absolute atomic E-state index is 13.1. The summed E-state index contributed by atoms with van der Waals surface area (Å²) in [7, 11) is -9.97. The first-order valence-corrected chi connectivity index (χ1v) is 42.5. The normalized spacial score (nSPS) is 14.4. The molecule has 0 radical (unpaired) electrons. The molecular formula is C81H142O17P2. The third kappa shape index (κ3) is 72.3. The zero-order valence-electron chi connectivity index (χ0n) is 63.1. The van der Waals surface area contributed by atoms with Crippen LogP contribution in [0.3, 0.4) is 0 Å². The van der Waals surface area contributed by atoms with Crippen LogP contribution in [-0.2, 0) is 65.4 Å². The fourth-order valence-corrected chi connectivity index (χ4v) is 12.0. The first-order valence-electron chi connectivity index (χ1n) is 39.5. The summed E-state index contributed by atoms with van der Waals surface area (Å²) >= 11 is 0. The summed E-state index contributed by atoms with van der Waals surface area (Å²) in [5.74, 6) is -2.26. The van der Waals surface area contributed by atoms with E-state index in [1.807, 2.05) is 12.2 Å². The smallest absolute Gasteiger partial charge is 0.462 e. The summed E-state index contributed by atoms with van der Waals surface area (Å²) in [6, 6.07) is 0. The van der Waals surface area contributed by atoms with Crippen molar-refractivity contribution < 1.29 is 80.2 Å². The van der Waals surface area contributed by atoms with E-state index in [0.29, 0.717) is 32.1 Å². The molecule has 578 valence electrons. The highest BCUT2D eigenvalue weighted by Crippen LogP contribution is 2.45. The number of allylic oxidation sites excluding steroid dienone is 16. The highest BCUT2D eigenvalue weighted by atomic mass is 31.2. The monoisotopic (exact) mass is 1450 g/mol.